The summed E-state index contributed by atoms with van der Waals surface area (Å²) >= 11 is 0. The Morgan fingerprint density at radius 3 is 2.74 bits per heavy atom. The first kappa shape index (κ1) is 14.7. The third-order valence-electron chi connectivity index (χ3n) is 3.20. The first-order valence-corrected chi connectivity index (χ1v) is 7.09. The van der Waals surface area contributed by atoms with E-state index in [1.807, 2.05) is 31.2 Å². The molecule has 23 heavy (non-hydrogen) atoms. The van der Waals surface area contributed by atoms with E-state index in [0.717, 1.165) is 5.39 Å². The Morgan fingerprint density at radius 2 is 2.00 bits per heavy atom. The van der Waals surface area contributed by atoms with Gasteiger partial charge in [-0.05, 0) is 31.2 Å². The molecule has 3 rings (SSSR count). The standard InChI is InChI=1S/C18H13NO4/c1-2-21-16-9-12(11-19)7-8-15(16)23-18(20)17-10-13-5-3-4-6-14(13)22-17/h3-10H,2H2,1H3. The number of furan rings is 1. The monoisotopic (exact) mass is 307 g/mol. The Kier molecular flexibility index (Phi) is 3.98. The smallest absolute Gasteiger partial charge is 0.379 e. The lowest BCUT2D eigenvalue weighted by Gasteiger charge is -2.09. The second-order valence-electron chi connectivity index (χ2n) is 4.74. The summed E-state index contributed by atoms with van der Waals surface area (Å²) in [6.45, 7) is 2.20. The van der Waals surface area contributed by atoms with Gasteiger partial charge in [0, 0.05) is 11.5 Å². The zero-order valence-electron chi connectivity index (χ0n) is 12.4. The van der Waals surface area contributed by atoms with Crippen LogP contribution in [0.1, 0.15) is 23.0 Å². The van der Waals surface area contributed by atoms with Crippen LogP contribution < -0.4 is 9.47 Å². The van der Waals surface area contributed by atoms with Crippen molar-refractivity contribution in [3.63, 3.8) is 0 Å². The molecule has 1 aromatic heterocycles. The molecule has 5 heteroatoms. The minimum Gasteiger partial charge on any atom is -0.490 e. The first-order valence-electron chi connectivity index (χ1n) is 7.09. The average Bonchev–Trinajstić information content (AvgIpc) is 3.01. The molecule has 0 aliphatic heterocycles. The summed E-state index contributed by atoms with van der Waals surface area (Å²) in [7, 11) is 0. The van der Waals surface area contributed by atoms with Crippen molar-refractivity contribution in [3.05, 3.63) is 59.9 Å². The number of rotatable bonds is 4. The fourth-order valence-corrected chi connectivity index (χ4v) is 2.16. The van der Waals surface area contributed by atoms with Crippen molar-refractivity contribution < 1.29 is 18.7 Å². The van der Waals surface area contributed by atoms with Gasteiger partial charge in [-0.1, -0.05) is 18.2 Å². The summed E-state index contributed by atoms with van der Waals surface area (Å²) < 4.78 is 16.2. The van der Waals surface area contributed by atoms with Crippen molar-refractivity contribution in [2.45, 2.75) is 6.92 Å². The number of esters is 1. The van der Waals surface area contributed by atoms with Crippen LogP contribution in [0.25, 0.3) is 11.0 Å². The molecule has 0 unspecified atom stereocenters. The van der Waals surface area contributed by atoms with E-state index in [9.17, 15) is 4.79 Å². The Labute approximate surface area is 132 Å². The number of ether oxygens (including phenoxy) is 2. The van der Waals surface area contributed by atoms with Crippen LogP contribution in [0.4, 0.5) is 0 Å². The molecule has 0 amide bonds. The summed E-state index contributed by atoms with van der Waals surface area (Å²) in [5, 5.41) is 9.76. The number of carbonyl (C=O) groups excluding carboxylic acids is 1. The summed E-state index contributed by atoms with van der Waals surface area (Å²) in [6, 6.07) is 15.6. The number of carbonyl (C=O) groups is 1. The van der Waals surface area contributed by atoms with Gasteiger partial charge in [-0.15, -0.1) is 0 Å². The van der Waals surface area contributed by atoms with Crippen molar-refractivity contribution in [1.29, 1.82) is 5.26 Å². The number of hydrogen-bond acceptors (Lipinski definition) is 5. The van der Waals surface area contributed by atoms with Gasteiger partial charge in [0.05, 0.1) is 18.2 Å². The number of hydrogen-bond donors (Lipinski definition) is 0. The largest absolute Gasteiger partial charge is 0.490 e. The van der Waals surface area contributed by atoms with E-state index in [2.05, 4.69) is 0 Å². The maximum atomic E-state index is 12.3. The zero-order chi connectivity index (χ0) is 16.2. The number of nitrogens with zero attached hydrogens (tertiary/aromatic N) is 1. The highest BCUT2D eigenvalue weighted by atomic mass is 16.6. The molecular formula is C18H13NO4. The molecule has 114 valence electrons. The molecule has 0 saturated heterocycles. The molecule has 2 aromatic carbocycles. The van der Waals surface area contributed by atoms with Gasteiger partial charge in [0.25, 0.3) is 0 Å². The highest BCUT2D eigenvalue weighted by Crippen LogP contribution is 2.29. The normalized spacial score (nSPS) is 10.3. The molecule has 5 nitrogen and oxygen atoms in total. The molecule has 0 N–H and O–H groups in total. The maximum Gasteiger partial charge on any atom is 0.379 e. The van der Waals surface area contributed by atoms with Gasteiger partial charge in [0.1, 0.15) is 5.58 Å². The Bertz CT molecular complexity index is 872. The molecule has 0 atom stereocenters. The van der Waals surface area contributed by atoms with Gasteiger partial charge in [0.2, 0.25) is 5.76 Å². The molecule has 0 aliphatic rings. The number of benzene rings is 2. The highest BCUT2D eigenvalue weighted by molar-refractivity contribution is 5.93. The summed E-state index contributed by atoms with van der Waals surface area (Å²) in [6.07, 6.45) is 0. The molecule has 1 heterocycles. The summed E-state index contributed by atoms with van der Waals surface area (Å²) in [4.78, 5) is 12.3. The van der Waals surface area contributed by atoms with Crippen LogP contribution in [0, 0.1) is 11.3 Å². The van der Waals surface area contributed by atoms with E-state index >= 15 is 0 Å². The molecule has 0 aliphatic carbocycles. The van der Waals surface area contributed by atoms with Gasteiger partial charge in [-0.25, -0.2) is 4.79 Å². The number of para-hydroxylation sites is 1. The van der Waals surface area contributed by atoms with Crippen molar-refractivity contribution in [1.82, 2.24) is 0 Å². The zero-order valence-corrected chi connectivity index (χ0v) is 12.4. The van der Waals surface area contributed by atoms with E-state index in [0.29, 0.717) is 23.5 Å². The topological polar surface area (TPSA) is 72.5 Å². The van der Waals surface area contributed by atoms with Gasteiger partial charge in [0.15, 0.2) is 11.5 Å². The van der Waals surface area contributed by atoms with Crippen LogP contribution >= 0.6 is 0 Å². The predicted molar refractivity (Wildman–Crippen MR) is 83.5 cm³/mol. The van der Waals surface area contributed by atoms with Crippen molar-refractivity contribution >= 4 is 16.9 Å². The number of fused-ring (bicyclic) bond motifs is 1. The van der Waals surface area contributed by atoms with E-state index in [1.54, 1.807) is 18.2 Å². The third-order valence-corrected chi connectivity index (χ3v) is 3.20. The molecule has 0 spiro atoms. The second kappa shape index (κ2) is 6.24. The SMILES string of the molecule is CCOc1cc(C#N)ccc1OC(=O)c1cc2ccccc2o1. The van der Waals surface area contributed by atoms with Gasteiger partial charge in [-0.3, -0.25) is 0 Å². The van der Waals surface area contributed by atoms with E-state index < -0.39 is 5.97 Å². The fourth-order valence-electron chi connectivity index (χ4n) is 2.16. The minimum absolute atomic E-state index is 0.109. The average molecular weight is 307 g/mol. The molecular weight excluding hydrogens is 294 g/mol. The molecule has 0 saturated carbocycles. The number of nitriles is 1. The second-order valence-corrected chi connectivity index (χ2v) is 4.74. The third kappa shape index (κ3) is 3.01. The first-order chi connectivity index (χ1) is 11.2. The lowest BCUT2D eigenvalue weighted by Crippen LogP contribution is -2.08. The van der Waals surface area contributed by atoms with E-state index in [-0.39, 0.29) is 11.5 Å². The Balaban J connectivity index is 1.88. The lowest BCUT2D eigenvalue weighted by molar-refractivity contribution is 0.0697. The predicted octanol–water partition coefficient (Wildman–Crippen LogP) is 3.92. The van der Waals surface area contributed by atoms with Crippen LogP contribution in [0.15, 0.2) is 52.9 Å². The van der Waals surface area contributed by atoms with E-state index in [4.69, 9.17) is 19.2 Å². The lowest BCUT2D eigenvalue weighted by atomic mass is 10.2. The van der Waals surface area contributed by atoms with Crippen LogP contribution in [0.5, 0.6) is 11.5 Å². The van der Waals surface area contributed by atoms with Crippen LogP contribution in [-0.2, 0) is 0 Å². The minimum atomic E-state index is -0.619. The van der Waals surface area contributed by atoms with Crippen LogP contribution in [-0.4, -0.2) is 12.6 Å². The summed E-state index contributed by atoms with van der Waals surface area (Å²) in [5.41, 5.74) is 1.04. The van der Waals surface area contributed by atoms with Crippen LogP contribution in [0.3, 0.4) is 0 Å². The molecule has 3 aromatic rings. The molecule has 0 fully saturated rings. The van der Waals surface area contributed by atoms with Crippen molar-refractivity contribution in [2.75, 3.05) is 6.61 Å². The fraction of sp³-hybridized carbons (Fsp3) is 0.111. The maximum absolute atomic E-state index is 12.3. The van der Waals surface area contributed by atoms with Crippen molar-refractivity contribution in [3.8, 4) is 17.6 Å². The van der Waals surface area contributed by atoms with Gasteiger partial charge in [-0.2, -0.15) is 5.26 Å². The van der Waals surface area contributed by atoms with Gasteiger partial charge < -0.3 is 13.9 Å². The van der Waals surface area contributed by atoms with Gasteiger partial charge >= 0.3 is 5.97 Å². The quantitative estimate of drug-likeness (QED) is 0.539. The summed E-state index contributed by atoms with van der Waals surface area (Å²) in [5.74, 6) is 0.0807. The Hall–Kier alpha value is -3.26. The van der Waals surface area contributed by atoms with Crippen molar-refractivity contribution in [2.24, 2.45) is 0 Å². The van der Waals surface area contributed by atoms with E-state index in [1.165, 1.54) is 12.1 Å². The highest BCUT2D eigenvalue weighted by Gasteiger charge is 2.17. The molecule has 0 radical (unpaired) electrons. The Morgan fingerprint density at radius 1 is 1.17 bits per heavy atom. The molecule has 0 bridgehead atoms. The van der Waals surface area contributed by atoms with Crippen LogP contribution in [0.2, 0.25) is 0 Å².